The summed E-state index contributed by atoms with van der Waals surface area (Å²) in [5, 5.41) is 11.3. The van der Waals surface area contributed by atoms with Crippen LogP contribution < -0.4 is 5.32 Å². The van der Waals surface area contributed by atoms with Crippen LogP contribution in [0.15, 0.2) is 30.3 Å². The minimum Gasteiger partial charge on any atom is -0.481 e. The molecule has 0 spiro atoms. The monoisotopic (exact) mass is 264 g/mol. The van der Waals surface area contributed by atoms with E-state index in [1.807, 2.05) is 49.3 Å². The molecule has 5 nitrogen and oxygen atoms in total. The molecule has 104 valence electrons. The number of nitrogens with zero attached hydrogens (tertiary/aromatic N) is 1. The highest BCUT2D eigenvalue weighted by atomic mass is 16.4. The maximum absolute atomic E-state index is 12.1. The van der Waals surface area contributed by atoms with Crippen LogP contribution in [0.4, 0.5) is 0 Å². The van der Waals surface area contributed by atoms with E-state index in [1.54, 1.807) is 0 Å². The van der Waals surface area contributed by atoms with Crippen LogP contribution in [-0.2, 0) is 9.59 Å². The summed E-state index contributed by atoms with van der Waals surface area (Å²) in [5.74, 6) is -0.956. The van der Waals surface area contributed by atoms with Crippen LogP contribution in [0.1, 0.15) is 24.4 Å². The number of carboxylic acid groups (broad SMARTS) is 1. The van der Waals surface area contributed by atoms with Crippen molar-refractivity contribution in [1.29, 1.82) is 0 Å². The van der Waals surface area contributed by atoms with Crippen molar-refractivity contribution in [2.24, 2.45) is 0 Å². The van der Waals surface area contributed by atoms with Crippen LogP contribution in [0.5, 0.6) is 0 Å². The summed E-state index contributed by atoms with van der Waals surface area (Å²) in [5.41, 5.74) is 0.920. The summed E-state index contributed by atoms with van der Waals surface area (Å²) in [6.07, 6.45) is 0.508. The van der Waals surface area contributed by atoms with Crippen molar-refractivity contribution >= 4 is 11.9 Å². The zero-order valence-corrected chi connectivity index (χ0v) is 11.3. The van der Waals surface area contributed by atoms with Gasteiger partial charge in [-0.25, -0.2) is 0 Å². The fourth-order valence-electron chi connectivity index (χ4n) is 1.87. The fraction of sp³-hybridized carbons (Fsp3) is 0.429. The minimum atomic E-state index is -0.846. The lowest BCUT2D eigenvalue weighted by molar-refractivity contribution is -0.137. The predicted octanol–water partition coefficient (Wildman–Crippen LogP) is 1.27. The van der Waals surface area contributed by atoms with E-state index in [2.05, 4.69) is 5.32 Å². The average molecular weight is 264 g/mol. The molecular weight excluding hydrogens is 244 g/mol. The van der Waals surface area contributed by atoms with E-state index in [0.717, 1.165) is 5.56 Å². The highest BCUT2D eigenvalue weighted by molar-refractivity contribution is 5.83. The Labute approximate surface area is 113 Å². The van der Waals surface area contributed by atoms with Crippen LogP contribution in [-0.4, -0.2) is 42.5 Å². The quantitative estimate of drug-likeness (QED) is 0.728. The Kier molecular flexibility index (Phi) is 6.02. The third kappa shape index (κ3) is 5.09. The molecule has 1 unspecified atom stereocenters. The number of hydrogen-bond acceptors (Lipinski definition) is 3. The largest absolute Gasteiger partial charge is 0.481 e. The molecule has 1 rings (SSSR count). The number of nitrogens with one attached hydrogen (secondary N) is 1. The maximum atomic E-state index is 12.1. The first-order valence-electron chi connectivity index (χ1n) is 6.23. The van der Waals surface area contributed by atoms with Gasteiger partial charge < -0.3 is 10.4 Å². The lowest BCUT2D eigenvalue weighted by atomic mass is 10.1. The normalized spacial score (nSPS) is 12.2. The van der Waals surface area contributed by atoms with Crippen molar-refractivity contribution in [3.05, 3.63) is 35.9 Å². The van der Waals surface area contributed by atoms with Gasteiger partial charge in [-0.1, -0.05) is 30.3 Å². The molecule has 1 atom stereocenters. The minimum absolute atomic E-state index is 0.0677. The van der Waals surface area contributed by atoms with E-state index in [9.17, 15) is 9.59 Å². The highest BCUT2D eigenvalue weighted by Crippen LogP contribution is 2.17. The fourth-order valence-corrected chi connectivity index (χ4v) is 1.87. The molecule has 2 N–H and O–H groups in total. The Morgan fingerprint density at radius 3 is 2.42 bits per heavy atom. The van der Waals surface area contributed by atoms with Gasteiger partial charge in [0.15, 0.2) is 0 Å². The molecule has 0 saturated heterocycles. The van der Waals surface area contributed by atoms with Gasteiger partial charge >= 0.3 is 5.97 Å². The van der Waals surface area contributed by atoms with Gasteiger partial charge in [0.2, 0.25) is 5.91 Å². The Morgan fingerprint density at radius 1 is 1.26 bits per heavy atom. The van der Waals surface area contributed by atoms with Gasteiger partial charge in [-0.3, -0.25) is 14.5 Å². The van der Waals surface area contributed by atoms with Gasteiger partial charge in [0.05, 0.1) is 0 Å². The predicted molar refractivity (Wildman–Crippen MR) is 72.7 cm³/mol. The summed E-state index contributed by atoms with van der Waals surface area (Å²) in [6.45, 7) is 0.377. The van der Waals surface area contributed by atoms with Crippen LogP contribution in [0.3, 0.4) is 0 Å². The average Bonchev–Trinajstić information content (AvgIpc) is 2.35. The number of aliphatic carboxylic acids is 1. The van der Waals surface area contributed by atoms with E-state index >= 15 is 0 Å². The Balaban J connectivity index is 2.57. The number of carboxylic acids is 1. The molecule has 0 heterocycles. The molecule has 1 aromatic rings. The van der Waals surface area contributed by atoms with Crippen molar-refractivity contribution in [2.45, 2.75) is 18.9 Å². The van der Waals surface area contributed by atoms with E-state index in [1.165, 1.54) is 0 Å². The smallest absolute Gasteiger partial charge is 0.303 e. The molecule has 0 fully saturated rings. The first kappa shape index (κ1) is 15.2. The van der Waals surface area contributed by atoms with Gasteiger partial charge in [-0.05, 0) is 26.1 Å². The Hall–Kier alpha value is -1.88. The molecule has 0 bridgehead atoms. The molecule has 0 aliphatic rings. The molecule has 0 radical (unpaired) electrons. The van der Waals surface area contributed by atoms with Crippen LogP contribution >= 0.6 is 0 Å². The molecule has 5 heteroatoms. The van der Waals surface area contributed by atoms with E-state index < -0.39 is 5.97 Å². The molecule has 0 aliphatic carbocycles. The van der Waals surface area contributed by atoms with Gasteiger partial charge in [-0.15, -0.1) is 0 Å². The SMILES string of the molecule is CN(C)C(C(=O)NCCCC(=O)O)c1ccccc1. The summed E-state index contributed by atoms with van der Waals surface area (Å²) in [7, 11) is 3.68. The number of likely N-dealkylation sites (N-methyl/N-ethyl adjacent to an activating group) is 1. The Bertz CT molecular complexity index is 418. The number of carbonyl (C=O) groups excluding carboxylic acids is 1. The van der Waals surface area contributed by atoms with Crippen LogP contribution in [0, 0.1) is 0 Å². The first-order chi connectivity index (χ1) is 9.02. The number of rotatable bonds is 7. The molecule has 19 heavy (non-hydrogen) atoms. The lowest BCUT2D eigenvalue weighted by Gasteiger charge is -2.23. The van der Waals surface area contributed by atoms with E-state index in [-0.39, 0.29) is 18.4 Å². The topological polar surface area (TPSA) is 69.6 Å². The number of carbonyl (C=O) groups is 2. The van der Waals surface area contributed by atoms with Crippen molar-refractivity contribution < 1.29 is 14.7 Å². The van der Waals surface area contributed by atoms with Gasteiger partial charge in [-0.2, -0.15) is 0 Å². The Morgan fingerprint density at radius 2 is 1.89 bits per heavy atom. The maximum Gasteiger partial charge on any atom is 0.303 e. The van der Waals surface area contributed by atoms with Crippen LogP contribution in [0.2, 0.25) is 0 Å². The summed E-state index contributed by atoms with van der Waals surface area (Å²) in [6, 6.07) is 9.14. The molecule has 0 saturated carbocycles. The van der Waals surface area contributed by atoms with Gasteiger partial charge in [0.25, 0.3) is 0 Å². The summed E-state index contributed by atoms with van der Waals surface area (Å²) < 4.78 is 0. The third-order valence-electron chi connectivity index (χ3n) is 2.75. The van der Waals surface area contributed by atoms with Crippen molar-refractivity contribution in [1.82, 2.24) is 10.2 Å². The number of hydrogen-bond donors (Lipinski definition) is 2. The van der Waals surface area contributed by atoms with Gasteiger partial charge in [0, 0.05) is 13.0 Å². The van der Waals surface area contributed by atoms with Crippen molar-refractivity contribution in [3.63, 3.8) is 0 Å². The molecule has 0 aliphatic heterocycles. The first-order valence-corrected chi connectivity index (χ1v) is 6.23. The lowest BCUT2D eigenvalue weighted by Crippen LogP contribution is -2.37. The number of amides is 1. The zero-order valence-electron chi connectivity index (χ0n) is 11.3. The van der Waals surface area contributed by atoms with E-state index in [0.29, 0.717) is 13.0 Å². The second kappa shape index (κ2) is 7.53. The molecule has 1 amide bonds. The zero-order chi connectivity index (χ0) is 14.3. The van der Waals surface area contributed by atoms with E-state index in [4.69, 9.17) is 5.11 Å². The second-order valence-corrected chi connectivity index (χ2v) is 4.57. The third-order valence-corrected chi connectivity index (χ3v) is 2.75. The van der Waals surface area contributed by atoms with Crippen molar-refractivity contribution in [3.8, 4) is 0 Å². The number of benzene rings is 1. The molecular formula is C14H20N2O3. The molecule has 1 aromatic carbocycles. The molecule has 0 aromatic heterocycles. The van der Waals surface area contributed by atoms with Gasteiger partial charge in [0.1, 0.15) is 6.04 Å². The summed E-state index contributed by atoms with van der Waals surface area (Å²) in [4.78, 5) is 24.4. The summed E-state index contributed by atoms with van der Waals surface area (Å²) >= 11 is 0. The van der Waals surface area contributed by atoms with Crippen LogP contribution in [0.25, 0.3) is 0 Å². The standard InChI is InChI=1S/C14H20N2O3/c1-16(2)13(11-7-4-3-5-8-11)14(19)15-10-6-9-12(17)18/h3-5,7-8,13H,6,9-10H2,1-2H3,(H,15,19)(H,17,18). The second-order valence-electron chi connectivity index (χ2n) is 4.57. The highest BCUT2D eigenvalue weighted by Gasteiger charge is 2.21. The van der Waals surface area contributed by atoms with Crippen molar-refractivity contribution in [2.75, 3.05) is 20.6 Å².